The number of carbonyl (C=O) groups excluding carboxylic acids is 1. The van der Waals surface area contributed by atoms with Crippen molar-refractivity contribution < 1.29 is 14.6 Å². The van der Waals surface area contributed by atoms with Gasteiger partial charge in [0.2, 0.25) is 5.79 Å². The zero-order valence-corrected chi connectivity index (χ0v) is 7.96. The smallest absolute Gasteiger partial charge is 0.336 e. The number of ether oxygens (including phenoxy) is 1. The first-order valence-corrected chi connectivity index (χ1v) is 4.69. The van der Waals surface area contributed by atoms with Crippen LogP contribution in [0.1, 0.15) is 33.1 Å². The van der Waals surface area contributed by atoms with E-state index < -0.39 is 5.79 Å². The number of carbonyl (C=O) groups is 1. The van der Waals surface area contributed by atoms with Crippen LogP contribution in [0.15, 0.2) is 11.1 Å². The lowest BCUT2D eigenvalue weighted by atomic mass is 9.81. The Morgan fingerprint density at radius 1 is 1.62 bits per heavy atom. The van der Waals surface area contributed by atoms with Crippen molar-refractivity contribution in [3.63, 3.8) is 0 Å². The van der Waals surface area contributed by atoms with Crippen molar-refractivity contribution in [1.82, 2.24) is 0 Å². The molecule has 2 atom stereocenters. The van der Waals surface area contributed by atoms with Crippen LogP contribution in [0.5, 0.6) is 0 Å². The van der Waals surface area contributed by atoms with Crippen molar-refractivity contribution in [2.45, 2.75) is 38.9 Å². The molecule has 2 aliphatic rings. The number of aliphatic hydroxyl groups is 1. The van der Waals surface area contributed by atoms with Crippen LogP contribution in [0.2, 0.25) is 0 Å². The van der Waals surface area contributed by atoms with Gasteiger partial charge >= 0.3 is 5.97 Å². The Hall–Kier alpha value is -0.830. The maximum Gasteiger partial charge on any atom is 0.336 e. The largest absolute Gasteiger partial charge is 0.426 e. The fourth-order valence-corrected chi connectivity index (χ4v) is 2.22. The summed E-state index contributed by atoms with van der Waals surface area (Å²) in [5.41, 5.74) is 1.41. The minimum Gasteiger partial charge on any atom is -0.426 e. The van der Waals surface area contributed by atoms with Crippen molar-refractivity contribution in [3.05, 3.63) is 11.1 Å². The summed E-state index contributed by atoms with van der Waals surface area (Å²) in [6.07, 6.45) is 2.37. The van der Waals surface area contributed by atoms with Gasteiger partial charge in [0, 0.05) is 17.6 Å². The average molecular weight is 182 g/mol. The number of hydrogen-bond donors (Lipinski definition) is 1. The predicted octanol–water partition coefficient (Wildman–Crippen LogP) is 1.37. The van der Waals surface area contributed by atoms with Crippen molar-refractivity contribution in [2.24, 2.45) is 5.92 Å². The maximum absolute atomic E-state index is 11.2. The molecule has 0 saturated heterocycles. The maximum atomic E-state index is 11.2. The van der Waals surface area contributed by atoms with E-state index in [1.807, 2.05) is 0 Å². The lowest BCUT2D eigenvalue weighted by molar-refractivity contribution is -0.190. The number of rotatable bonds is 0. The van der Waals surface area contributed by atoms with E-state index >= 15 is 0 Å². The highest BCUT2D eigenvalue weighted by molar-refractivity contribution is 5.92. The highest BCUT2D eigenvalue weighted by Gasteiger charge is 2.47. The van der Waals surface area contributed by atoms with E-state index in [4.69, 9.17) is 4.74 Å². The second-order valence-corrected chi connectivity index (χ2v) is 4.13. The van der Waals surface area contributed by atoms with Gasteiger partial charge in [-0.05, 0) is 25.7 Å². The normalized spacial score (nSPS) is 39.0. The fraction of sp³-hybridized carbons (Fsp3) is 0.700. The molecule has 1 aliphatic heterocycles. The molecule has 0 radical (unpaired) electrons. The summed E-state index contributed by atoms with van der Waals surface area (Å²) in [4.78, 5) is 11.2. The Kier molecular flexibility index (Phi) is 1.74. The Balaban J connectivity index is 2.36. The minimum absolute atomic E-state index is 0.355. The predicted molar refractivity (Wildman–Crippen MR) is 46.8 cm³/mol. The molecule has 72 valence electrons. The molecule has 2 unspecified atom stereocenters. The van der Waals surface area contributed by atoms with Crippen LogP contribution in [-0.4, -0.2) is 16.9 Å². The van der Waals surface area contributed by atoms with Crippen molar-refractivity contribution in [2.75, 3.05) is 0 Å². The summed E-state index contributed by atoms with van der Waals surface area (Å²) in [5.74, 6) is -1.20. The van der Waals surface area contributed by atoms with Gasteiger partial charge in [-0.1, -0.05) is 6.92 Å². The highest BCUT2D eigenvalue weighted by Crippen LogP contribution is 2.43. The summed E-state index contributed by atoms with van der Waals surface area (Å²) in [5, 5.41) is 10.0. The summed E-state index contributed by atoms with van der Waals surface area (Å²) >= 11 is 0. The topological polar surface area (TPSA) is 46.5 Å². The van der Waals surface area contributed by atoms with Crippen LogP contribution in [0.3, 0.4) is 0 Å². The van der Waals surface area contributed by atoms with Gasteiger partial charge in [0.05, 0.1) is 0 Å². The Labute approximate surface area is 77.4 Å². The molecule has 0 spiro atoms. The first kappa shape index (κ1) is 8.75. The van der Waals surface area contributed by atoms with Gasteiger partial charge in [-0.2, -0.15) is 0 Å². The number of hydrogen-bond acceptors (Lipinski definition) is 3. The van der Waals surface area contributed by atoms with Gasteiger partial charge in [-0.25, -0.2) is 4.79 Å². The molecule has 0 aromatic rings. The second kappa shape index (κ2) is 2.58. The molecule has 0 aromatic heterocycles. The van der Waals surface area contributed by atoms with Crippen molar-refractivity contribution in [3.8, 4) is 0 Å². The molecule has 0 aromatic carbocycles. The van der Waals surface area contributed by atoms with Gasteiger partial charge in [0.15, 0.2) is 0 Å². The molecule has 3 heteroatoms. The summed E-state index contributed by atoms with van der Waals surface area (Å²) in [6.45, 7) is 3.79. The van der Waals surface area contributed by atoms with Crippen LogP contribution in [0, 0.1) is 5.92 Å². The van der Waals surface area contributed by atoms with E-state index in [-0.39, 0.29) is 5.97 Å². The van der Waals surface area contributed by atoms with Gasteiger partial charge in [0.1, 0.15) is 0 Å². The highest BCUT2D eigenvalue weighted by atomic mass is 16.7. The number of fused-ring (bicyclic) bond motifs is 1. The van der Waals surface area contributed by atoms with Crippen molar-refractivity contribution in [1.29, 1.82) is 0 Å². The first-order valence-electron chi connectivity index (χ1n) is 4.69. The van der Waals surface area contributed by atoms with E-state index in [2.05, 4.69) is 6.92 Å². The zero-order chi connectivity index (χ0) is 9.64. The van der Waals surface area contributed by atoms with Gasteiger partial charge in [-0.3, -0.25) is 0 Å². The molecule has 1 heterocycles. The van der Waals surface area contributed by atoms with Gasteiger partial charge in [-0.15, -0.1) is 0 Å². The zero-order valence-electron chi connectivity index (χ0n) is 7.96. The van der Waals surface area contributed by atoms with E-state index in [0.717, 1.165) is 18.4 Å². The van der Waals surface area contributed by atoms with E-state index in [1.54, 1.807) is 6.92 Å². The third kappa shape index (κ3) is 1.18. The molecule has 0 amide bonds. The monoisotopic (exact) mass is 182 g/mol. The molecular weight excluding hydrogens is 168 g/mol. The Morgan fingerprint density at radius 3 is 3.00 bits per heavy atom. The standard InChI is InChI=1S/C10H14O3/c1-6-3-4-8-7(2)9(11)13-10(8,12)5-6/h6,12H,3-5H2,1-2H3. The average Bonchev–Trinajstić information content (AvgIpc) is 2.22. The Morgan fingerprint density at radius 2 is 2.31 bits per heavy atom. The minimum atomic E-state index is -1.27. The van der Waals surface area contributed by atoms with Crippen LogP contribution in [0.4, 0.5) is 0 Å². The van der Waals surface area contributed by atoms with Crippen LogP contribution >= 0.6 is 0 Å². The van der Waals surface area contributed by atoms with E-state index in [9.17, 15) is 9.90 Å². The molecule has 13 heavy (non-hydrogen) atoms. The molecule has 1 aliphatic carbocycles. The molecular formula is C10H14O3. The lowest BCUT2D eigenvalue weighted by Gasteiger charge is -2.32. The molecule has 1 saturated carbocycles. The number of esters is 1. The molecule has 1 N–H and O–H groups in total. The third-order valence-electron chi connectivity index (χ3n) is 3.00. The molecule has 1 fully saturated rings. The SMILES string of the molecule is CC1=C2CCC(C)CC2(O)OC1=O. The van der Waals surface area contributed by atoms with E-state index in [0.29, 0.717) is 17.9 Å². The van der Waals surface area contributed by atoms with Crippen molar-refractivity contribution >= 4 is 5.97 Å². The van der Waals surface area contributed by atoms with Crippen LogP contribution in [0.25, 0.3) is 0 Å². The molecule has 0 bridgehead atoms. The first-order chi connectivity index (χ1) is 6.03. The molecule has 3 nitrogen and oxygen atoms in total. The fourth-order valence-electron chi connectivity index (χ4n) is 2.22. The van der Waals surface area contributed by atoms with Crippen LogP contribution < -0.4 is 0 Å². The Bertz CT molecular complexity index is 293. The lowest BCUT2D eigenvalue weighted by Crippen LogP contribution is -2.37. The van der Waals surface area contributed by atoms with Gasteiger partial charge in [0.25, 0.3) is 0 Å². The summed E-state index contributed by atoms with van der Waals surface area (Å²) in [7, 11) is 0. The van der Waals surface area contributed by atoms with E-state index in [1.165, 1.54) is 0 Å². The van der Waals surface area contributed by atoms with Crippen LogP contribution in [-0.2, 0) is 9.53 Å². The summed E-state index contributed by atoms with van der Waals surface area (Å²) < 4.78 is 4.98. The second-order valence-electron chi connectivity index (χ2n) is 4.13. The third-order valence-corrected chi connectivity index (χ3v) is 3.00. The van der Waals surface area contributed by atoms with Gasteiger partial charge < -0.3 is 9.84 Å². The quantitative estimate of drug-likeness (QED) is 0.575. The molecule has 2 rings (SSSR count). The summed E-state index contributed by atoms with van der Waals surface area (Å²) in [6, 6.07) is 0.